The topological polar surface area (TPSA) is 47.9 Å². The van der Waals surface area contributed by atoms with Crippen molar-refractivity contribution in [2.75, 3.05) is 0 Å². The van der Waals surface area contributed by atoms with Crippen LogP contribution >= 0.6 is 0 Å². The summed E-state index contributed by atoms with van der Waals surface area (Å²) in [6, 6.07) is 19.6. The van der Waals surface area contributed by atoms with Crippen LogP contribution in [0.25, 0.3) is 22.4 Å². The molecule has 0 aliphatic rings. The van der Waals surface area contributed by atoms with Crippen LogP contribution in [0.15, 0.2) is 66.9 Å². The molecular formula is C21H17N3O. The van der Waals surface area contributed by atoms with Crippen LogP contribution in [0.2, 0.25) is 0 Å². The molecule has 122 valence electrons. The molecule has 4 rings (SSSR count). The third kappa shape index (κ3) is 3.06. The van der Waals surface area contributed by atoms with E-state index in [0.29, 0.717) is 17.4 Å². The summed E-state index contributed by atoms with van der Waals surface area (Å²) in [5.41, 5.74) is 3.74. The molecule has 25 heavy (non-hydrogen) atoms. The Kier molecular flexibility index (Phi) is 3.86. The highest BCUT2D eigenvalue weighted by Gasteiger charge is 2.09. The van der Waals surface area contributed by atoms with Crippen molar-refractivity contribution in [1.82, 2.24) is 15.0 Å². The number of nitrogens with zero attached hydrogens (tertiary/aromatic N) is 3. The van der Waals surface area contributed by atoms with Crippen molar-refractivity contribution in [3.8, 4) is 23.1 Å². The van der Waals surface area contributed by atoms with Crippen molar-refractivity contribution in [1.29, 1.82) is 0 Å². The standard InChI is InChI=1S/C21H17N3O/c1-14-7-5-8-15(2)20(14)25-19-12-6-11-18(23-19)21-22-13-16-9-3-4-10-17(16)24-21/h3-13H,1-2H3. The third-order valence-corrected chi connectivity index (χ3v) is 4.06. The first-order chi connectivity index (χ1) is 12.2. The number of para-hydroxylation sites is 2. The van der Waals surface area contributed by atoms with Gasteiger partial charge in [0.1, 0.15) is 11.4 Å². The van der Waals surface area contributed by atoms with Crippen LogP contribution in [0.3, 0.4) is 0 Å². The molecule has 0 unspecified atom stereocenters. The molecule has 2 aromatic heterocycles. The first kappa shape index (κ1) is 15.3. The summed E-state index contributed by atoms with van der Waals surface area (Å²) in [7, 11) is 0. The number of hydrogen-bond donors (Lipinski definition) is 0. The van der Waals surface area contributed by atoms with Gasteiger partial charge in [0.25, 0.3) is 0 Å². The van der Waals surface area contributed by atoms with E-state index in [1.54, 1.807) is 0 Å². The van der Waals surface area contributed by atoms with E-state index in [1.165, 1.54) is 0 Å². The summed E-state index contributed by atoms with van der Waals surface area (Å²) in [4.78, 5) is 13.6. The molecule has 0 spiro atoms. The molecule has 4 aromatic rings. The second-order valence-corrected chi connectivity index (χ2v) is 5.94. The number of ether oxygens (including phenoxy) is 1. The van der Waals surface area contributed by atoms with Crippen molar-refractivity contribution < 1.29 is 4.74 Å². The van der Waals surface area contributed by atoms with Gasteiger partial charge < -0.3 is 4.74 Å². The van der Waals surface area contributed by atoms with Gasteiger partial charge in [-0.1, -0.05) is 42.5 Å². The molecule has 0 saturated carbocycles. The monoisotopic (exact) mass is 327 g/mol. The fourth-order valence-corrected chi connectivity index (χ4v) is 2.76. The Morgan fingerprint density at radius 1 is 0.760 bits per heavy atom. The Balaban J connectivity index is 1.71. The van der Waals surface area contributed by atoms with Gasteiger partial charge in [0.05, 0.1) is 5.52 Å². The Hall–Kier alpha value is -3.27. The number of aromatic nitrogens is 3. The predicted molar refractivity (Wildman–Crippen MR) is 98.8 cm³/mol. The first-order valence-corrected chi connectivity index (χ1v) is 8.14. The summed E-state index contributed by atoms with van der Waals surface area (Å²) >= 11 is 0. The maximum atomic E-state index is 6.02. The van der Waals surface area contributed by atoms with Crippen LogP contribution in [0.5, 0.6) is 11.6 Å². The Bertz CT molecular complexity index is 1040. The van der Waals surface area contributed by atoms with Gasteiger partial charge in [0.2, 0.25) is 5.88 Å². The molecule has 0 atom stereocenters. The third-order valence-electron chi connectivity index (χ3n) is 4.06. The molecule has 4 heteroatoms. The molecule has 2 aromatic carbocycles. The van der Waals surface area contributed by atoms with Gasteiger partial charge in [0, 0.05) is 17.6 Å². The van der Waals surface area contributed by atoms with E-state index >= 15 is 0 Å². The molecule has 0 saturated heterocycles. The summed E-state index contributed by atoms with van der Waals surface area (Å²) in [5.74, 6) is 1.96. The smallest absolute Gasteiger partial charge is 0.219 e. The van der Waals surface area contributed by atoms with Gasteiger partial charge in [-0.15, -0.1) is 0 Å². The van der Waals surface area contributed by atoms with Gasteiger partial charge in [-0.3, -0.25) is 0 Å². The maximum absolute atomic E-state index is 6.02. The SMILES string of the molecule is Cc1cccc(C)c1Oc1cccc(-c2ncc3ccccc3n2)n1. The normalized spacial score (nSPS) is 10.8. The van der Waals surface area contributed by atoms with E-state index in [9.17, 15) is 0 Å². The zero-order valence-electron chi connectivity index (χ0n) is 14.1. The number of aryl methyl sites for hydroxylation is 2. The molecule has 0 aliphatic heterocycles. The summed E-state index contributed by atoms with van der Waals surface area (Å²) in [6.07, 6.45) is 1.82. The molecule has 0 N–H and O–H groups in total. The molecule has 4 nitrogen and oxygen atoms in total. The molecule has 0 aliphatic carbocycles. The lowest BCUT2D eigenvalue weighted by Gasteiger charge is -2.11. The molecular weight excluding hydrogens is 310 g/mol. The minimum atomic E-state index is 0.534. The van der Waals surface area contributed by atoms with Crippen molar-refractivity contribution in [3.05, 3.63) is 78.0 Å². The van der Waals surface area contributed by atoms with Crippen molar-refractivity contribution in [2.45, 2.75) is 13.8 Å². The van der Waals surface area contributed by atoms with Gasteiger partial charge in [0.15, 0.2) is 5.82 Å². The fraction of sp³-hybridized carbons (Fsp3) is 0.0952. The number of fused-ring (bicyclic) bond motifs is 1. The highest BCUT2D eigenvalue weighted by atomic mass is 16.5. The minimum Gasteiger partial charge on any atom is -0.438 e. The quantitative estimate of drug-likeness (QED) is 0.525. The maximum Gasteiger partial charge on any atom is 0.219 e. The second-order valence-electron chi connectivity index (χ2n) is 5.94. The van der Waals surface area contributed by atoms with Crippen molar-refractivity contribution >= 4 is 10.9 Å². The molecule has 0 amide bonds. The molecule has 0 bridgehead atoms. The van der Waals surface area contributed by atoms with Crippen LogP contribution < -0.4 is 4.74 Å². The van der Waals surface area contributed by atoms with Crippen molar-refractivity contribution in [3.63, 3.8) is 0 Å². The number of rotatable bonds is 3. The van der Waals surface area contributed by atoms with Gasteiger partial charge in [-0.2, -0.15) is 0 Å². The molecule has 0 fully saturated rings. The predicted octanol–water partition coefficient (Wildman–Crippen LogP) is 5.10. The van der Waals surface area contributed by atoms with Crippen LogP contribution in [-0.2, 0) is 0 Å². The van der Waals surface area contributed by atoms with Crippen LogP contribution in [0, 0.1) is 13.8 Å². The largest absolute Gasteiger partial charge is 0.438 e. The Labute approximate surface area is 146 Å². The van der Waals surface area contributed by atoms with Gasteiger partial charge >= 0.3 is 0 Å². The summed E-state index contributed by atoms with van der Waals surface area (Å²) in [6.45, 7) is 4.05. The zero-order chi connectivity index (χ0) is 17.2. The summed E-state index contributed by atoms with van der Waals surface area (Å²) in [5, 5.41) is 1.01. The first-order valence-electron chi connectivity index (χ1n) is 8.14. The van der Waals surface area contributed by atoms with E-state index in [-0.39, 0.29) is 0 Å². The van der Waals surface area contributed by atoms with Gasteiger partial charge in [-0.05, 0) is 37.1 Å². The van der Waals surface area contributed by atoms with E-state index in [0.717, 1.165) is 27.8 Å². The Morgan fingerprint density at radius 2 is 1.52 bits per heavy atom. The highest BCUT2D eigenvalue weighted by Crippen LogP contribution is 2.28. The highest BCUT2D eigenvalue weighted by molar-refractivity contribution is 5.79. The lowest BCUT2D eigenvalue weighted by molar-refractivity contribution is 0.456. The Morgan fingerprint density at radius 3 is 2.36 bits per heavy atom. The van der Waals surface area contributed by atoms with Crippen LogP contribution in [0.1, 0.15) is 11.1 Å². The lowest BCUT2D eigenvalue weighted by atomic mass is 10.1. The minimum absolute atomic E-state index is 0.534. The zero-order valence-corrected chi connectivity index (χ0v) is 14.1. The molecule has 0 radical (unpaired) electrons. The van der Waals surface area contributed by atoms with E-state index in [1.807, 2.05) is 80.7 Å². The van der Waals surface area contributed by atoms with E-state index < -0.39 is 0 Å². The van der Waals surface area contributed by atoms with E-state index in [4.69, 9.17) is 4.74 Å². The average Bonchev–Trinajstić information content (AvgIpc) is 2.65. The average molecular weight is 327 g/mol. The van der Waals surface area contributed by atoms with Crippen LogP contribution in [-0.4, -0.2) is 15.0 Å². The summed E-state index contributed by atoms with van der Waals surface area (Å²) < 4.78 is 6.02. The second kappa shape index (κ2) is 6.32. The van der Waals surface area contributed by atoms with Crippen LogP contribution in [0.4, 0.5) is 0 Å². The number of hydrogen-bond acceptors (Lipinski definition) is 4. The van der Waals surface area contributed by atoms with Crippen molar-refractivity contribution in [2.24, 2.45) is 0 Å². The lowest BCUT2D eigenvalue weighted by Crippen LogP contribution is -1.96. The number of benzene rings is 2. The fourth-order valence-electron chi connectivity index (χ4n) is 2.76. The number of pyridine rings is 1. The van der Waals surface area contributed by atoms with E-state index in [2.05, 4.69) is 15.0 Å². The molecule has 2 heterocycles. The van der Waals surface area contributed by atoms with Gasteiger partial charge in [-0.25, -0.2) is 15.0 Å².